The van der Waals surface area contributed by atoms with Crippen molar-refractivity contribution >= 4 is 79.6 Å². The molecule has 0 aromatic rings. The van der Waals surface area contributed by atoms with Crippen molar-refractivity contribution in [1.29, 1.82) is 0 Å². The van der Waals surface area contributed by atoms with Gasteiger partial charge in [0.05, 0.1) is 0 Å². The molecule has 12 nitrogen and oxygen atoms in total. The summed E-state index contributed by atoms with van der Waals surface area (Å²) in [5, 5.41) is 13.6. The third-order valence-corrected chi connectivity index (χ3v) is 0. The minimum atomic E-state index is -4.67. The van der Waals surface area contributed by atoms with Gasteiger partial charge >= 0.3 is 79.6 Å². The van der Waals surface area contributed by atoms with Crippen LogP contribution in [0.15, 0.2) is 0 Å². The molecule has 0 aliphatic carbocycles. The Kier molecular flexibility index (Phi) is 151. The first-order valence-corrected chi connectivity index (χ1v) is 2.66. The molecule has 0 spiro atoms. The van der Waals surface area contributed by atoms with Gasteiger partial charge in [-0.2, -0.15) is 8.42 Å². The van der Waals surface area contributed by atoms with Crippen molar-refractivity contribution in [3.63, 3.8) is 0 Å². The Bertz CT molecular complexity index is 170. The molecule has 0 aliphatic heterocycles. The molecule has 0 aliphatic rings. The van der Waals surface area contributed by atoms with E-state index in [1.54, 1.807) is 0 Å². The third kappa shape index (κ3) is 2100. The molecule has 0 rings (SSSR count). The first-order valence-electron chi connectivity index (χ1n) is 1.26. The predicted octanol–water partition coefficient (Wildman–Crippen LogP) is -1.24. The minimum absolute atomic E-state index is 0. The predicted molar refractivity (Wildman–Crippen MR) is 57.0 cm³/mol. The molecule has 0 aromatic carbocycles. The largest absolute Gasteiger partial charge is 3.00 e. The Morgan fingerprint density at radius 1 is 0.938 bits per heavy atom. The normalized spacial score (nSPS) is 5.12. The molecule has 0 unspecified atom stereocenters. The van der Waals surface area contributed by atoms with Gasteiger partial charge in [0.2, 0.25) is 0 Å². The molecular weight excluding hydrogens is 287 g/mol. The van der Waals surface area contributed by atoms with Crippen molar-refractivity contribution < 1.29 is 27.8 Å². The Labute approximate surface area is 141 Å². The zero-order chi connectivity index (χ0) is 8.08. The number of hydrogen-bond donors (Lipinski definition) is 5. The summed E-state index contributed by atoms with van der Waals surface area (Å²) < 4.78 is 31.6. The second-order valence-electron chi connectivity index (χ2n) is 0.686. The van der Waals surface area contributed by atoms with Crippen LogP contribution in [-0.2, 0) is 10.4 Å². The zero-order valence-corrected chi connectivity index (χ0v) is 13.3. The summed E-state index contributed by atoms with van der Waals surface area (Å²) in [7, 11) is -4.67. The zero-order valence-electron chi connectivity index (χ0n) is 8.26. The topological polar surface area (TPSA) is 269 Å². The van der Waals surface area contributed by atoms with Crippen LogP contribution in [-0.4, -0.2) is 97.0 Å². The maximum absolute atomic E-state index is 8.74. The molecule has 0 aromatic heterocycles. The maximum atomic E-state index is 8.74. The van der Waals surface area contributed by atoms with Crippen molar-refractivity contribution in [2.24, 2.45) is 0 Å². The fourth-order valence-corrected chi connectivity index (χ4v) is 0. The number of nitrogens with zero attached hydrogens (tertiary/aromatic N) is 3. The van der Waals surface area contributed by atoms with Gasteiger partial charge in [0.1, 0.15) is 0 Å². The summed E-state index contributed by atoms with van der Waals surface area (Å²) in [5.74, 6) is 0. The quantitative estimate of drug-likeness (QED) is 0.154. The van der Waals surface area contributed by atoms with E-state index >= 15 is 0 Å². The van der Waals surface area contributed by atoms with E-state index in [0.717, 1.165) is 0 Å². The van der Waals surface area contributed by atoms with E-state index in [0.29, 0.717) is 0 Å². The fourth-order valence-electron chi connectivity index (χ4n) is 0. The average molecular weight is 296 g/mol. The summed E-state index contributed by atoms with van der Waals surface area (Å²) in [6.07, 6.45) is 0. The van der Waals surface area contributed by atoms with E-state index in [9.17, 15) is 0 Å². The number of rotatable bonds is 0. The summed E-state index contributed by atoms with van der Waals surface area (Å²) in [6, 6.07) is 0. The van der Waals surface area contributed by atoms with Gasteiger partial charge in [0.15, 0.2) is 0 Å². The molecule has 0 fully saturated rings. The smallest absolute Gasteiger partial charge is 2.00 e. The molecule has 9 N–H and O–H groups in total. The molecule has 0 saturated heterocycles. The Morgan fingerprint density at radius 2 is 0.938 bits per heavy atom. The second kappa shape index (κ2) is 36.0. The molecule has 0 heterocycles. The molecular formula is H9Mg3N5O7S. The standard InChI is InChI=1S/3Mg.HNO3.2H3N.2N.H2O4S/c;;;2-1(3)4;;;;;1-5(2,3)4/h;;;(H,2,3,4);2*1H3;;;(H2,1,2,3,4)/q3*+2;;;;2*-3;. The molecule has 0 atom stereocenters. The van der Waals surface area contributed by atoms with E-state index < -0.39 is 15.5 Å². The monoisotopic (exact) mass is 295 g/mol. The summed E-state index contributed by atoms with van der Waals surface area (Å²) in [4.78, 5) is 8.36. The van der Waals surface area contributed by atoms with Gasteiger partial charge in [-0.3, -0.25) is 9.11 Å². The summed E-state index contributed by atoms with van der Waals surface area (Å²) in [6.45, 7) is 0. The Morgan fingerprint density at radius 3 is 0.938 bits per heavy atom. The molecule has 16 heteroatoms. The van der Waals surface area contributed by atoms with E-state index in [2.05, 4.69) is 0 Å². The summed E-state index contributed by atoms with van der Waals surface area (Å²) in [5.41, 5.74) is 0. The Hall–Kier alpha value is 1.21. The van der Waals surface area contributed by atoms with Gasteiger partial charge < -0.3 is 29.8 Å². The van der Waals surface area contributed by atoms with Crippen molar-refractivity contribution in [3.8, 4) is 0 Å². The Balaban J connectivity index is -0.00000000614. The maximum Gasteiger partial charge on any atom is 2.00 e. The van der Waals surface area contributed by atoms with Crippen LogP contribution in [0.5, 0.6) is 0 Å². The van der Waals surface area contributed by atoms with Gasteiger partial charge in [0.25, 0.3) is 5.09 Å². The van der Waals surface area contributed by atoms with Crippen molar-refractivity contribution in [2.45, 2.75) is 0 Å². The van der Waals surface area contributed by atoms with E-state index in [-0.39, 0.29) is 93.8 Å². The van der Waals surface area contributed by atoms with Crippen LogP contribution in [0.25, 0.3) is 12.3 Å². The average Bonchev–Trinajstić information content (AvgIpc) is 1.19. The molecule has 0 amide bonds. The molecule has 16 heavy (non-hydrogen) atoms. The number of hydrogen-bond acceptors (Lipinski definition) is 6. The van der Waals surface area contributed by atoms with Crippen molar-refractivity contribution in [3.05, 3.63) is 22.4 Å². The van der Waals surface area contributed by atoms with Gasteiger partial charge in [-0.15, -0.1) is 10.1 Å². The van der Waals surface area contributed by atoms with E-state index in [4.69, 9.17) is 32.8 Å². The van der Waals surface area contributed by atoms with Crippen LogP contribution in [0.2, 0.25) is 0 Å². The minimum Gasteiger partial charge on any atom is -3.00 e. The van der Waals surface area contributed by atoms with Gasteiger partial charge in [-0.25, -0.2) is 0 Å². The van der Waals surface area contributed by atoms with Gasteiger partial charge in [-0.1, -0.05) is 0 Å². The van der Waals surface area contributed by atoms with Crippen LogP contribution in [0.3, 0.4) is 0 Å². The van der Waals surface area contributed by atoms with Crippen LogP contribution >= 0.6 is 0 Å². The van der Waals surface area contributed by atoms with Crippen LogP contribution < -0.4 is 12.3 Å². The summed E-state index contributed by atoms with van der Waals surface area (Å²) >= 11 is 0. The van der Waals surface area contributed by atoms with E-state index in [1.807, 2.05) is 0 Å². The van der Waals surface area contributed by atoms with Crippen LogP contribution in [0, 0.1) is 10.1 Å². The van der Waals surface area contributed by atoms with Crippen molar-refractivity contribution in [2.75, 3.05) is 0 Å². The second-order valence-corrected chi connectivity index (χ2v) is 1.58. The van der Waals surface area contributed by atoms with Crippen LogP contribution in [0.4, 0.5) is 0 Å². The molecule has 0 bridgehead atoms. The molecule has 88 valence electrons. The first-order chi connectivity index (χ1) is 3.73. The fraction of sp³-hybridized carbons (Fsp3) is 0. The molecule has 0 radical (unpaired) electrons. The SMILES string of the molecule is N.N.O=S(=O)(O)O.O=[N+]([O-])O.[Mg+2].[Mg+2].[Mg+2].[N-3].[N-3]. The van der Waals surface area contributed by atoms with Gasteiger partial charge in [-0.05, 0) is 0 Å². The third-order valence-electron chi connectivity index (χ3n) is 0. The van der Waals surface area contributed by atoms with E-state index in [1.165, 1.54) is 0 Å². The van der Waals surface area contributed by atoms with Crippen LogP contribution in [0.1, 0.15) is 0 Å². The van der Waals surface area contributed by atoms with Crippen molar-refractivity contribution in [1.82, 2.24) is 12.3 Å². The molecule has 0 saturated carbocycles. The van der Waals surface area contributed by atoms with Gasteiger partial charge in [0, 0.05) is 0 Å². The first kappa shape index (κ1) is 67.1.